The number of nitrogens with one attached hydrogen (secondary N) is 1. The minimum atomic E-state index is -4.43. The third-order valence-corrected chi connectivity index (χ3v) is 5.93. The number of primary amides is 1. The van der Waals surface area contributed by atoms with Crippen molar-refractivity contribution in [3.05, 3.63) is 84.2 Å². The number of carboxylic acid groups (broad SMARTS) is 1. The standard InChI is InChI=1S/C27H25F3N4O4/c1-16(32-22(25(31)37)14-15-24(35)36)26-33-21-4-2-3-5-23(21)34(26)18-8-12-20(13-9-18)38-19-10-6-17(7-11-19)27(28,29)30/h2-13,16,22,32H,14-15H2,1H3,(H2,31,37)(H,35,36). The third kappa shape index (κ3) is 6.12. The van der Waals surface area contributed by atoms with E-state index in [4.69, 9.17) is 20.6 Å². The second kappa shape index (κ2) is 10.9. The van der Waals surface area contributed by atoms with E-state index in [2.05, 4.69) is 5.32 Å². The summed E-state index contributed by atoms with van der Waals surface area (Å²) in [5, 5.41) is 12.1. The Morgan fingerprint density at radius 2 is 1.63 bits per heavy atom. The Morgan fingerprint density at radius 1 is 1.03 bits per heavy atom. The number of hydrogen-bond donors (Lipinski definition) is 3. The van der Waals surface area contributed by atoms with Crippen molar-refractivity contribution in [2.24, 2.45) is 5.73 Å². The Morgan fingerprint density at radius 3 is 2.21 bits per heavy atom. The van der Waals surface area contributed by atoms with Crippen molar-refractivity contribution in [3.8, 4) is 17.2 Å². The molecule has 4 aromatic rings. The number of carbonyl (C=O) groups is 2. The molecule has 1 heterocycles. The van der Waals surface area contributed by atoms with E-state index >= 15 is 0 Å². The molecule has 8 nitrogen and oxygen atoms in total. The van der Waals surface area contributed by atoms with Crippen LogP contribution in [0.1, 0.15) is 37.2 Å². The summed E-state index contributed by atoms with van der Waals surface area (Å²) in [6, 6.07) is 17.5. The van der Waals surface area contributed by atoms with Gasteiger partial charge in [-0.05, 0) is 74.0 Å². The molecule has 0 radical (unpaired) electrons. The van der Waals surface area contributed by atoms with Gasteiger partial charge in [0.25, 0.3) is 0 Å². The molecule has 0 aliphatic heterocycles. The van der Waals surface area contributed by atoms with Gasteiger partial charge in [-0.3, -0.25) is 19.5 Å². The molecule has 11 heteroatoms. The van der Waals surface area contributed by atoms with E-state index in [0.717, 1.165) is 23.3 Å². The average molecular weight is 527 g/mol. The van der Waals surface area contributed by atoms with E-state index < -0.39 is 35.7 Å². The van der Waals surface area contributed by atoms with E-state index in [1.807, 2.05) is 28.8 Å². The molecule has 4 rings (SSSR count). The number of hydrogen-bond acceptors (Lipinski definition) is 5. The number of carbonyl (C=O) groups excluding carboxylic acids is 1. The molecule has 198 valence electrons. The maximum absolute atomic E-state index is 12.8. The molecule has 0 saturated heterocycles. The summed E-state index contributed by atoms with van der Waals surface area (Å²) < 4.78 is 46.0. The summed E-state index contributed by atoms with van der Waals surface area (Å²) in [4.78, 5) is 27.6. The maximum atomic E-state index is 12.8. The van der Waals surface area contributed by atoms with Gasteiger partial charge in [0.2, 0.25) is 5.91 Å². The van der Waals surface area contributed by atoms with Crippen molar-refractivity contribution in [1.29, 1.82) is 0 Å². The number of amides is 1. The Kier molecular flexibility index (Phi) is 7.67. The molecule has 1 amide bonds. The van der Waals surface area contributed by atoms with Crippen molar-refractivity contribution in [2.45, 2.75) is 38.0 Å². The molecule has 0 aliphatic carbocycles. The number of halogens is 3. The Bertz CT molecular complexity index is 1430. The number of ether oxygens (including phenoxy) is 1. The maximum Gasteiger partial charge on any atom is 0.416 e. The molecule has 38 heavy (non-hydrogen) atoms. The fourth-order valence-corrected chi connectivity index (χ4v) is 4.07. The second-order valence-corrected chi connectivity index (χ2v) is 8.69. The largest absolute Gasteiger partial charge is 0.481 e. The number of fused-ring (bicyclic) bond motifs is 1. The number of benzene rings is 3. The topological polar surface area (TPSA) is 119 Å². The highest BCUT2D eigenvalue weighted by Gasteiger charge is 2.30. The Labute approximate surface area is 215 Å². The number of alkyl halides is 3. The van der Waals surface area contributed by atoms with Crippen molar-refractivity contribution < 1.29 is 32.6 Å². The highest BCUT2D eigenvalue weighted by Crippen LogP contribution is 2.32. The number of nitrogens with zero attached hydrogens (tertiary/aromatic N) is 2. The molecule has 0 aliphatic rings. The lowest BCUT2D eigenvalue weighted by molar-refractivity contribution is -0.138. The molecule has 0 spiro atoms. The smallest absolute Gasteiger partial charge is 0.416 e. The average Bonchev–Trinajstić information content (AvgIpc) is 3.26. The van der Waals surface area contributed by atoms with E-state index in [1.165, 1.54) is 12.1 Å². The molecule has 4 N–H and O–H groups in total. The van der Waals surface area contributed by atoms with Crippen LogP contribution in [0.4, 0.5) is 13.2 Å². The van der Waals surface area contributed by atoms with Crippen LogP contribution in [0.2, 0.25) is 0 Å². The van der Waals surface area contributed by atoms with Crippen LogP contribution < -0.4 is 15.8 Å². The number of imidazole rings is 1. The molecule has 1 aromatic heterocycles. The monoisotopic (exact) mass is 526 g/mol. The number of rotatable bonds is 10. The van der Waals surface area contributed by atoms with Crippen LogP contribution in [0.15, 0.2) is 72.8 Å². The van der Waals surface area contributed by atoms with Crippen LogP contribution in [0.25, 0.3) is 16.7 Å². The number of carboxylic acids is 1. The summed E-state index contributed by atoms with van der Waals surface area (Å²) in [6.07, 6.45) is -4.61. The van der Waals surface area contributed by atoms with Gasteiger partial charge in [-0.15, -0.1) is 0 Å². The van der Waals surface area contributed by atoms with Crippen LogP contribution in [0.5, 0.6) is 11.5 Å². The van der Waals surface area contributed by atoms with E-state index in [-0.39, 0.29) is 18.6 Å². The SMILES string of the molecule is CC(NC(CCC(=O)O)C(N)=O)c1nc2ccccc2n1-c1ccc(Oc2ccc(C(F)(F)F)cc2)cc1. The predicted octanol–water partition coefficient (Wildman–Crippen LogP) is 5.21. The molecular formula is C27H25F3N4O4. The Hall–Kier alpha value is -4.38. The van der Waals surface area contributed by atoms with Crippen LogP contribution in [0, 0.1) is 0 Å². The molecule has 2 unspecified atom stereocenters. The first-order valence-electron chi connectivity index (χ1n) is 11.7. The quantitative estimate of drug-likeness (QED) is 0.261. The second-order valence-electron chi connectivity index (χ2n) is 8.69. The van der Waals surface area contributed by atoms with Gasteiger partial charge in [0, 0.05) is 12.1 Å². The normalized spacial score (nSPS) is 13.3. The Balaban J connectivity index is 1.60. The van der Waals surface area contributed by atoms with Crippen molar-refractivity contribution in [2.75, 3.05) is 0 Å². The molecule has 2 atom stereocenters. The van der Waals surface area contributed by atoms with Crippen LogP contribution in [-0.4, -0.2) is 32.6 Å². The zero-order valence-corrected chi connectivity index (χ0v) is 20.3. The van der Waals surface area contributed by atoms with E-state index in [1.54, 1.807) is 31.2 Å². The number of para-hydroxylation sites is 2. The summed E-state index contributed by atoms with van der Waals surface area (Å²) >= 11 is 0. The summed E-state index contributed by atoms with van der Waals surface area (Å²) in [5.41, 5.74) is 6.97. The molecule has 0 fully saturated rings. The highest BCUT2D eigenvalue weighted by atomic mass is 19.4. The predicted molar refractivity (Wildman–Crippen MR) is 134 cm³/mol. The summed E-state index contributed by atoms with van der Waals surface area (Å²) in [5.74, 6) is -0.435. The van der Waals surface area contributed by atoms with E-state index in [0.29, 0.717) is 17.1 Å². The van der Waals surface area contributed by atoms with Crippen LogP contribution >= 0.6 is 0 Å². The minimum absolute atomic E-state index is 0.0330. The van der Waals surface area contributed by atoms with Gasteiger partial charge < -0.3 is 15.6 Å². The van der Waals surface area contributed by atoms with Gasteiger partial charge in [0.05, 0.1) is 28.7 Å². The lowest BCUT2D eigenvalue weighted by Gasteiger charge is -2.21. The molecule has 0 saturated carbocycles. The first-order chi connectivity index (χ1) is 18.0. The van der Waals surface area contributed by atoms with Gasteiger partial charge >= 0.3 is 12.1 Å². The number of aliphatic carboxylic acids is 1. The van der Waals surface area contributed by atoms with Crippen molar-refractivity contribution in [1.82, 2.24) is 14.9 Å². The van der Waals surface area contributed by atoms with E-state index in [9.17, 15) is 22.8 Å². The zero-order valence-electron chi connectivity index (χ0n) is 20.3. The first kappa shape index (κ1) is 26.7. The zero-order chi connectivity index (χ0) is 27.4. The summed E-state index contributed by atoms with van der Waals surface area (Å²) in [7, 11) is 0. The van der Waals surface area contributed by atoms with Crippen molar-refractivity contribution >= 4 is 22.9 Å². The van der Waals surface area contributed by atoms with Gasteiger partial charge in [-0.25, -0.2) is 4.98 Å². The van der Waals surface area contributed by atoms with Crippen LogP contribution in [0.3, 0.4) is 0 Å². The number of nitrogens with two attached hydrogens (primary N) is 1. The molecular weight excluding hydrogens is 501 g/mol. The fraction of sp³-hybridized carbons (Fsp3) is 0.222. The minimum Gasteiger partial charge on any atom is -0.481 e. The molecule has 3 aromatic carbocycles. The van der Waals surface area contributed by atoms with Gasteiger partial charge in [-0.1, -0.05) is 12.1 Å². The number of aromatic nitrogens is 2. The lowest BCUT2D eigenvalue weighted by Crippen LogP contribution is -2.43. The van der Waals surface area contributed by atoms with Crippen molar-refractivity contribution in [3.63, 3.8) is 0 Å². The lowest BCUT2D eigenvalue weighted by atomic mass is 10.1. The van der Waals surface area contributed by atoms with Gasteiger partial charge in [-0.2, -0.15) is 13.2 Å². The highest BCUT2D eigenvalue weighted by molar-refractivity contribution is 5.81. The van der Waals surface area contributed by atoms with Gasteiger partial charge in [0.15, 0.2) is 0 Å². The van der Waals surface area contributed by atoms with Gasteiger partial charge in [0.1, 0.15) is 17.3 Å². The van der Waals surface area contributed by atoms with Crippen LogP contribution in [-0.2, 0) is 15.8 Å². The first-order valence-corrected chi connectivity index (χ1v) is 11.7. The third-order valence-electron chi connectivity index (χ3n) is 5.93. The summed E-state index contributed by atoms with van der Waals surface area (Å²) in [6.45, 7) is 1.80. The fourth-order valence-electron chi connectivity index (χ4n) is 4.07. The molecule has 0 bridgehead atoms.